The van der Waals surface area contributed by atoms with Crippen molar-refractivity contribution in [2.24, 2.45) is 0 Å². The minimum Gasteiger partial charge on any atom is -0.310 e. The standard InChI is InChI=1S/C15H11Cl2F6N3OS/c1-3-10(27)24-13-12(28-15(21,22)23)6(2)25-26(13)11-8(16)4-7(5-9(11)17)14(18,19)20/h4-5H,3H2,1-2H3,(H,24,27). The molecule has 0 radical (unpaired) electrons. The molecule has 0 aliphatic carbocycles. The van der Waals surface area contributed by atoms with Gasteiger partial charge in [0.2, 0.25) is 5.91 Å². The van der Waals surface area contributed by atoms with Crippen LogP contribution in [0.2, 0.25) is 10.0 Å². The molecule has 0 atom stereocenters. The predicted molar refractivity (Wildman–Crippen MR) is 94.2 cm³/mol. The number of aryl methyl sites for hydroxylation is 1. The van der Waals surface area contributed by atoms with Crippen LogP contribution in [-0.2, 0) is 11.0 Å². The van der Waals surface area contributed by atoms with E-state index in [0.29, 0.717) is 12.1 Å². The summed E-state index contributed by atoms with van der Waals surface area (Å²) in [6, 6.07) is 1.14. The summed E-state index contributed by atoms with van der Waals surface area (Å²) in [7, 11) is 0. The number of alkyl halides is 6. The van der Waals surface area contributed by atoms with E-state index in [1.165, 1.54) is 13.8 Å². The second-order valence-corrected chi connectivity index (χ2v) is 7.30. The minimum absolute atomic E-state index is 0.0607. The van der Waals surface area contributed by atoms with Gasteiger partial charge >= 0.3 is 11.7 Å². The van der Waals surface area contributed by atoms with Crippen LogP contribution in [-0.4, -0.2) is 21.2 Å². The van der Waals surface area contributed by atoms with Crippen LogP contribution in [0.5, 0.6) is 0 Å². The highest BCUT2D eigenvalue weighted by molar-refractivity contribution is 8.00. The Kier molecular flexibility index (Phi) is 6.51. The van der Waals surface area contributed by atoms with Crippen molar-refractivity contribution in [1.29, 1.82) is 0 Å². The average molecular weight is 466 g/mol. The highest BCUT2D eigenvalue weighted by Crippen LogP contribution is 2.45. The van der Waals surface area contributed by atoms with Crippen molar-refractivity contribution in [2.45, 2.75) is 36.8 Å². The number of hydrogen-bond donors (Lipinski definition) is 1. The highest BCUT2D eigenvalue weighted by atomic mass is 35.5. The Morgan fingerprint density at radius 2 is 1.71 bits per heavy atom. The zero-order valence-electron chi connectivity index (χ0n) is 14.1. The molecular formula is C15H11Cl2F6N3OS. The maximum atomic E-state index is 12.9. The summed E-state index contributed by atoms with van der Waals surface area (Å²) >= 11 is 11.3. The first-order valence-electron chi connectivity index (χ1n) is 7.46. The van der Waals surface area contributed by atoms with Crippen molar-refractivity contribution in [3.63, 3.8) is 0 Å². The second kappa shape index (κ2) is 8.03. The molecule has 28 heavy (non-hydrogen) atoms. The normalized spacial score (nSPS) is 12.4. The van der Waals surface area contributed by atoms with E-state index in [0.717, 1.165) is 4.68 Å². The Morgan fingerprint density at radius 3 is 2.14 bits per heavy atom. The zero-order chi connectivity index (χ0) is 21.4. The van der Waals surface area contributed by atoms with E-state index < -0.39 is 55.7 Å². The quantitative estimate of drug-likeness (QED) is 0.415. The predicted octanol–water partition coefficient (Wildman–Crippen LogP) is 6.47. The molecule has 0 saturated carbocycles. The lowest BCUT2D eigenvalue weighted by atomic mass is 10.2. The van der Waals surface area contributed by atoms with Gasteiger partial charge in [-0.25, -0.2) is 4.68 Å². The zero-order valence-corrected chi connectivity index (χ0v) is 16.4. The number of carbonyl (C=O) groups is 1. The van der Waals surface area contributed by atoms with E-state index in [4.69, 9.17) is 23.2 Å². The van der Waals surface area contributed by atoms with Crippen molar-refractivity contribution in [2.75, 3.05) is 5.32 Å². The molecule has 1 heterocycles. The maximum Gasteiger partial charge on any atom is 0.446 e. The summed E-state index contributed by atoms with van der Waals surface area (Å²) in [5.41, 5.74) is -6.25. The van der Waals surface area contributed by atoms with Crippen molar-refractivity contribution in [1.82, 2.24) is 9.78 Å². The molecule has 0 saturated heterocycles. The molecule has 1 N–H and O–H groups in total. The summed E-state index contributed by atoms with van der Waals surface area (Å²) < 4.78 is 78.3. The van der Waals surface area contributed by atoms with Crippen LogP contribution in [0.4, 0.5) is 32.2 Å². The van der Waals surface area contributed by atoms with Crippen molar-refractivity contribution in [3.8, 4) is 5.69 Å². The smallest absolute Gasteiger partial charge is 0.310 e. The summed E-state index contributed by atoms with van der Waals surface area (Å²) in [5, 5.41) is 5.16. The second-order valence-electron chi connectivity index (χ2n) is 5.41. The van der Waals surface area contributed by atoms with E-state index in [1.807, 2.05) is 0 Å². The summed E-state index contributed by atoms with van der Waals surface area (Å²) in [5.74, 6) is -1.03. The SMILES string of the molecule is CCC(=O)Nc1c(SC(F)(F)F)c(C)nn1-c1c(Cl)cc(C(F)(F)F)cc1Cl. The van der Waals surface area contributed by atoms with Gasteiger partial charge < -0.3 is 5.32 Å². The molecular weight excluding hydrogens is 455 g/mol. The first kappa shape index (κ1) is 22.7. The fourth-order valence-electron chi connectivity index (χ4n) is 2.17. The number of nitrogens with one attached hydrogen (secondary N) is 1. The van der Waals surface area contributed by atoms with Crippen LogP contribution in [0, 0.1) is 6.92 Å². The molecule has 0 aliphatic rings. The Labute approximate surface area is 169 Å². The van der Waals surface area contributed by atoms with Gasteiger partial charge in [-0.3, -0.25) is 4.79 Å². The topological polar surface area (TPSA) is 46.9 Å². The van der Waals surface area contributed by atoms with Crippen LogP contribution in [0.3, 0.4) is 0 Å². The molecule has 2 rings (SSSR count). The van der Waals surface area contributed by atoms with Gasteiger partial charge in [-0.2, -0.15) is 31.4 Å². The van der Waals surface area contributed by atoms with Gasteiger partial charge in [0.1, 0.15) is 5.69 Å². The molecule has 2 aromatic rings. The first-order valence-corrected chi connectivity index (χ1v) is 9.03. The summed E-state index contributed by atoms with van der Waals surface area (Å²) in [4.78, 5) is 11.4. The third-order valence-electron chi connectivity index (χ3n) is 3.36. The van der Waals surface area contributed by atoms with Gasteiger partial charge in [-0.1, -0.05) is 30.1 Å². The van der Waals surface area contributed by atoms with Crippen LogP contribution >= 0.6 is 35.0 Å². The number of aromatic nitrogens is 2. The van der Waals surface area contributed by atoms with Gasteiger partial charge in [0, 0.05) is 6.42 Å². The van der Waals surface area contributed by atoms with Crippen LogP contribution < -0.4 is 5.32 Å². The number of hydrogen-bond acceptors (Lipinski definition) is 3. The molecule has 13 heteroatoms. The van der Waals surface area contributed by atoms with Gasteiger partial charge in [0.05, 0.1) is 26.2 Å². The molecule has 1 amide bonds. The number of amides is 1. The minimum atomic E-state index is -4.73. The first-order chi connectivity index (χ1) is 12.7. The Balaban J connectivity index is 2.72. The maximum absolute atomic E-state index is 12.9. The van der Waals surface area contributed by atoms with E-state index in [-0.39, 0.29) is 17.8 Å². The largest absolute Gasteiger partial charge is 0.446 e. The highest BCUT2D eigenvalue weighted by Gasteiger charge is 2.36. The van der Waals surface area contributed by atoms with Crippen LogP contribution in [0.25, 0.3) is 5.69 Å². The number of rotatable bonds is 4. The third kappa shape index (κ3) is 5.06. The molecule has 1 aromatic heterocycles. The number of anilines is 1. The van der Waals surface area contributed by atoms with Crippen LogP contribution in [0.1, 0.15) is 24.6 Å². The van der Waals surface area contributed by atoms with Gasteiger partial charge in [0.15, 0.2) is 5.82 Å². The van der Waals surface area contributed by atoms with Crippen LogP contribution in [0.15, 0.2) is 17.0 Å². The number of halogens is 8. The fraction of sp³-hybridized carbons (Fsp3) is 0.333. The number of benzene rings is 1. The molecule has 1 aromatic carbocycles. The Morgan fingerprint density at radius 1 is 1.18 bits per heavy atom. The number of thioether (sulfide) groups is 1. The lowest BCUT2D eigenvalue weighted by Crippen LogP contribution is -2.15. The molecule has 4 nitrogen and oxygen atoms in total. The van der Waals surface area contributed by atoms with E-state index in [2.05, 4.69) is 10.4 Å². The fourth-order valence-corrected chi connectivity index (χ4v) is 3.48. The lowest BCUT2D eigenvalue weighted by Gasteiger charge is -2.15. The number of carbonyl (C=O) groups excluding carboxylic acids is 1. The van der Waals surface area contributed by atoms with Crippen molar-refractivity contribution in [3.05, 3.63) is 33.4 Å². The van der Waals surface area contributed by atoms with E-state index in [1.54, 1.807) is 0 Å². The van der Waals surface area contributed by atoms with Crippen molar-refractivity contribution >= 4 is 46.7 Å². The Hall–Kier alpha value is -1.59. The Bertz CT molecular complexity index is 887. The molecule has 0 aliphatic heterocycles. The van der Waals surface area contributed by atoms with Gasteiger partial charge in [-0.15, -0.1) is 0 Å². The van der Waals surface area contributed by atoms with Crippen molar-refractivity contribution < 1.29 is 31.1 Å². The molecule has 154 valence electrons. The molecule has 0 fully saturated rings. The van der Waals surface area contributed by atoms with E-state index >= 15 is 0 Å². The van der Waals surface area contributed by atoms with Gasteiger partial charge in [-0.05, 0) is 30.8 Å². The lowest BCUT2D eigenvalue weighted by molar-refractivity contribution is -0.137. The number of nitrogens with zero attached hydrogens (tertiary/aromatic N) is 2. The van der Waals surface area contributed by atoms with Gasteiger partial charge in [0.25, 0.3) is 0 Å². The summed E-state index contributed by atoms with van der Waals surface area (Å²) in [6.45, 7) is 2.72. The van der Waals surface area contributed by atoms with E-state index in [9.17, 15) is 31.1 Å². The molecule has 0 bridgehead atoms. The third-order valence-corrected chi connectivity index (χ3v) is 4.86. The monoisotopic (exact) mass is 465 g/mol. The average Bonchev–Trinajstić information content (AvgIpc) is 2.80. The molecule has 0 unspecified atom stereocenters. The molecule has 0 spiro atoms. The summed E-state index contributed by atoms with van der Waals surface area (Å²) in [6.07, 6.45) is -4.79.